The molecule has 0 spiro atoms. The highest BCUT2D eigenvalue weighted by molar-refractivity contribution is 5.66. The Morgan fingerprint density at radius 2 is 1.50 bits per heavy atom. The fraction of sp³-hybridized carbons (Fsp3) is 0.579. The number of para-hydroxylation sites is 1. The van der Waals surface area contributed by atoms with Crippen molar-refractivity contribution in [1.82, 2.24) is 0 Å². The highest BCUT2D eigenvalue weighted by Crippen LogP contribution is 2.43. The first-order valence-corrected chi connectivity index (χ1v) is 7.83. The molecule has 0 N–H and O–H groups in total. The van der Waals surface area contributed by atoms with Gasteiger partial charge in [0.2, 0.25) is 0 Å². The maximum atomic E-state index is 2.52. The van der Waals surface area contributed by atoms with Crippen molar-refractivity contribution in [2.24, 2.45) is 0 Å². The molecule has 0 amide bonds. The summed E-state index contributed by atoms with van der Waals surface area (Å²) in [6, 6.07) is 6.81. The zero-order valence-electron chi connectivity index (χ0n) is 14.1. The minimum Gasteiger partial charge on any atom is -0.342 e. The molecule has 1 aromatic carbocycles. The lowest BCUT2D eigenvalue weighted by Gasteiger charge is -2.37. The molecule has 1 heteroatoms. The van der Waals surface area contributed by atoms with Crippen molar-refractivity contribution in [2.45, 2.75) is 72.3 Å². The first-order valence-electron chi connectivity index (χ1n) is 7.83. The van der Waals surface area contributed by atoms with E-state index in [1.165, 1.54) is 22.4 Å². The summed E-state index contributed by atoms with van der Waals surface area (Å²) >= 11 is 0. The van der Waals surface area contributed by atoms with E-state index in [-0.39, 0.29) is 5.54 Å². The summed E-state index contributed by atoms with van der Waals surface area (Å²) in [6.07, 6.45) is 3.50. The minimum atomic E-state index is 0.179. The molecule has 0 unspecified atom stereocenters. The van der Waals surface area contributed by atoms with Gasteiger partial charge < -0.3 is 4.90 Å². The Kier molecular flexibility index (Phi) is 4.00. The van der Waals surface area contributed by atoms with Gasteiger partial charge in [0.1, 0.15) is 0 Å². The average molecular weight is 271 g/mol. The van der Waals surface area contributed by atoms with Crippen LogP contribution in [-0.2, 0) is 0 Å². The van der Waals surface area contributed by atoms with E-state index in [1.807, 2.05) is 0 Å². The normalized spacial score (nSPS) is 18.1. The number of benzene rings is 1. The van der Waals surface area contributed by atoms with E-state index in [0.29, 0.717) is 11.8 Å². The van der Waals surface area contributed by atoms with Crippen molar-refractivity contribution >= 4 is 5.69 Å². The first kappa shape index (κ1) is 15.2. The second-order valence-corrected chi connectivity index (χ2v) is 7.43. The van der Waals surface area contributed by atoms with Crippen molar-refractivity contribution in [2.75, 3.05) is 4.90 Å². The van der Waals surface area contributed by atoms with Gasteiger partial charge in [-0.15, -0.1) is 0 Å². The van der Waals surface area contributed by atoms with Gasteiger partial charge in [-0.2, -0.15) is 0 Å². The number of anilines is 1. The van der Waals surface area contributed by atoms with Crippen molar-refractivity contribution in [3.63, 3.8) is 0 Å². The van der Waals surface area contributed by atoms with E-state index >= 15 is 0 Å². The molecule has 0 aromatic heterocycles. The van der Waals surface area contributed by atoms with Crippen LogP contribution < -0.4 is 4.90 Å². The Morgan fingerprint density at radius 1 is 1.00 bits per heavy atom. The fourth-order valence-corrected chi connectivity index (χ4v) is 3.37. The second kappa shape index (κ2) is 5.27. The highest BCUT2D eigenvalue weighted by atomic mass is 15.2. The first-order chi connectivity index (χ1) is 9.24. The van der Waals surface area contributed by atoms with Crippen LogP contribution in [0.3, 0.4) is 0 Å². The quantitative estimate of drug-likeness (QED) is 0.669. The molecule has 0 saturated heterocycles. The number of hydrogen-bond acceptors (Lipinski definition) is 1. The van der Waals surface area contributed by atoms with Crippen LogP contribution >= 0.6 is 0 Å². The van der Waals surface area contributed by atoms with Gasteiger partial charge in [0.25, 0.3) is 0 Å². The maximum absolute atomic E-state index is 2.52. The predicted octanol–water partition coefficient (Wildman–Crippen LogP) is 5.83. The summed E-state index contributed by atoms with van der Waals surface area (Å²) in [4.78, 5) is 2.52. The highest BCUT2D eigenvalue weighted by Gasteiger charge is 2.34. The van der Waals surface area contributed by atoms with Gasteiger partial charge in [0.05, 0.1) is 0 Å². The third kappa shape index (κ3) is 2.63. The predicted molar refractivity (Wildman–Crippen MR) is 89.6 cm³/mol. The summed E-state index contributed by atoms with van der Waals surface area (Å²) in [5.41, 5.74) is 6.03. The molecule has 2 rings (SSSR count). The van der Waals surface area contributed by atoms with Gasteiger partial charge in [-0.05, 0) is 50.2 Å². The summed E-state index contributed by atoms with van der Waals surface area (Å²) in [5, 5.41) is 0. The van der Waals surface area contributed by atoms with E-state index in [9.17, 15) is 0 Å². The monoisotopic (exact) mass is 271 g/mol. The molecule has 0 saturated carbocycles. The fourth-order valence-electron chi connectivity index (χ4n) is 3.37. The molecule has 0 radical (unpaired) electrons. The van der Waals surface area contributed by atoms with Gasteiger partial charge in [-0.1, -0.05) is 51.5 Å². The van der Waals surface area contributed by atoms with Crippen LogP contribution in [0.5, 0.6) is 0 Å². The zero-order valence-corrected chi connectivity index (χ0v) is 14.1. The zero-order chi connectivity index (χ0) is 15.1. The topological polar surface area (TPSA) is 3.24 Å². The summed E-state index contributed by atoms with van der Waals surface area (Å²) in [7, 11) is 0. The van der Waals surface area contributed by atoms with Crippen LogP contribution in [0.1, 0.15) is 77.8 Å². The van der Waals surface area contributed by atoms with Crippen molar-refractivity contribution < 1.29 is 0 Å². The van der Waals surface area contributed by atoms with E-state index in [4.69, 9.17) is 0 Å². The lowest BCUT2D eigenvalue weighted by molar-refractivity contribution is 0.523. The Balaban J connectivity index is 2.65. The minimum absolute atomic E-state index is 0.179. The van der Waals surface area contributed by atoms with Gasteiger partial charge in [-0.3, -0.25) is 0 Å². The van der Waals surface area contributed by atoms with Crippen LogP contribution in [0.25, 0.3) is 0 Å². The van der Waals surface area contributed by atoms with Gasteiger partial charge in [-0.25, -0.2) is 0 Å². The lowest BCUT2D eigenvalue weighted by atomic mass is 9.89. The molecule has 0 bridgehead atoms. The Labute approximate surface area is 124 Å². The molecule has 1 aromatic rings. The lowest BCUT2D eigenvalue weighted by Crippen LogP contribution is -2.37. The van der Waals surface area contributed by atoms with E-state index in [0.717, 1.165) is 6.42 Å². The van der Waals surface area contributed by atoms with E-state index in [1.54, 1.807) is 0 Å². The molecule has 110 valence electrons. The molecular weight excluding hydrogens is 242 g/mol. The van der Waals surface area contributed by atoms with Crippen LogP contribution in [0.2, 0.25) is 0 Å². The molecule has 20 heavy (non-hydrogen) atoms. The molecular formula is C19H29N. The van der Waals surface area contributed by atoms with E-state index < -0.39 is 0 Å². The SMILES string of the molecule is CC1=CN(c2c(C(C)C)cccc2C(C)C)C(C)(C)C1. The van der Waals surface area contributed by atoms with E-state index in [2.05, 4.69) is 77.8 Å². The summed E-state index contributed by atoms with van der Waals surface area (Å²) in [6.45, 7) is 16.1. The van der Waals surface area contributed by atoms with Crippen LogP contribution in [0.4, 0.5) is 5.69 Å². The molecule has 0 aliphatic carbocycles. The largest absolute Gasteiger partial charge is 0.342 e. The van der Waals surface area contributed by atoms with Gasteiger partial charge in [0, 0.05) is 17.4 Å². The second-order valence-electron chi connectivity index (χ2n) is 7.43. The molecule has 1 aliphatic rings. The average Bonchev–Trinajstić information content (AvgIpc) is 2.60. The summed E-state index contributed by atoms with van der Waals surface area (Å²) < 4.78 is 0. The van der Waals surface area contributed by atoms with Crippen LogP contribution in [0.15, 0.2) is 30.0 Å². The number of nitrogens with zero attached hydrogens (tertiary/aromatic N) is 1. The van der Waals surface area contributed by atoms with Gasteiger partial charge >= 0.3 is 0 Å². The van der Waals surface area contributed by atoms with Gasteiger partial charge in [0.15, 0.2) is 0 Å². The van der Waals surface area contributed by atoms with Crippen LogP contribution in [-0.4, -0.2) is 5.54 Å². The molecule has 1 nitrogen and oxygen atoms in total. The number of rotatable bonds is 3. The molecule has 1 aliphatic heterocycles. The summed E-state index contributed by atoms with van der Waals surface area (Å²) in [5.74, 6) is 1.10. The van der Waals surface area contributed by atoms with Crippen LogP contribution in [0, 0.1) is 0 Å². The Morgan fingerprint density at radius 3 is 1.85 bits per heavy atom. The third-order valence-corrected chi connectivity index (χ3v) is 4.30. The van der Waals surface area contributed by atoms with Crippen molar-refractivity contribution in [3.8, 4) is 0 Å². The number of hydrogen-bond donors (Lipinski definition) is 0. The van der Waals surface area contributed by atoms with Crippen molar-refractivity contribution in [3.05, 3.63) is 41.1 Å². The maximum Gasteiger partial charge on any atom is 0.0481 e. The third-order valence-electron chi connectivity index (χ3n) is 4.30. The Bertz CT molecular complexity index is 494. The standard InChI is InChI=1S/C19H29N/c1-13(2)16-9-8-10-17(14(3)4)18(16)20-12-15(5)11-19(20,6)7/h8-10,12-14H,11H2,1-7H3. The molecule has 0 fully saturated rings. The smallest absolute Gasteiger partial charge is 0.0481 e. The Hall–Kier alpha value is -1.24. The molecule has 1 heterocycles. The molecule has 0 atom stereocenters. The van der Waals surface area contributed by atoms with Crippen molar-refractivity contribution in [1.29, 1.82) is 0 Å².